The first-order valence-corrected chi connectivity index (χ1v) is 7.51. The number of aromatic nitrogens is 2. The first kappa shape index (κ1) is 14.5. The maximum absolute atomic E-state index is 12.1. The molecule has 0 unspecified atom stereocenters. The molecule has 116 valence electrons. The van der Waals surface area contributed by atoms with Crippen molar-refractivity contribution in [1.29, 1.82) is 0 Å². The van der Waals surface area contributed by atoms with Crippen molar-refractivity contribution in [2.24, 2.45) is 0 Å². The van der Waals surface area contributed by atoms with Gasteiger partial charge < -0.3 is 18.9 Å². The van der Waals surface area contributed by atoms with Gasteiger partial charge in [0, 0.05) is 19.1 Å². The van der Waals surface area contributed by atoms with Gasteiger partial charge in [-0.3, -0.25) is 4.79 Å². The van der Waals surface area contributed by atoms with Crippen molar-refractivity contribution in [3.63, 3.8) is 0 Å². The number of nitrogens with zero attached hydrogens (tertiary/aromatic N) is 3. The average Bonchev–Trinajstić information content (AvgIpc) is 3.21. The Hall–Kier alpha value is -1.47. The molecule has 1 amide bonds. The SMILES string of the molecule is CCOCC(=O)N1C[C@@H](C)O[C@@H](c2nc(C3CC3)no2)C1. The van der Waals surface area contributed by atoms with Crippen LogP contribution >= 0.6 is 0 Å². The second kappa shape index (κ2) is 6.11. The lowest BCUT2D eigenvalue weighted by molar-refractivity contribution is -0.151. The molecule has 0 spiro atoms. The molecule has 21 heavy (non-hydrogen) atoms. The van der Waals surface area contributed by atoms with Crippen LogP contribution in [0.2, 0.25) is 0 Å². The normalized spacial score (nSPS) is 26.1. The zero-order valence-corrected chi connectivity index (χ0v) is 12.4. The molecule has 3 rings (SSSR count). The van der Waals surface area contributed by atoms with Crippen LogP contribution in [0.1, 0.15) is 50.4 Å². The molecule has 2 heterocycles. The molecule has 0 aromatic carbocycles. The predicted octanol–water partition coefficient (Wildman–Crippen LogP) is 1.27. The summed E-state index contributed by atoms with van der Waals surface area (Å²) in [5, 5.41) is 4.00. The van der Waals surface area contributed by atoms with Gasteiger partial charge >= 0.3 is 0 Å². The Balaban J connectivity index is 1.65. The van der Waals surface area contributed by atoms with Crippen molar-refractivity contribution in [2.45, 2.75) is 44.8 Å². The Kier molecular flexibility index (Phi) is 4.21. The van der Waals surface area contributed by atoms with E-state index in [0.717, 1.165) is 18.7 Å². The van der Waals surface area contributed by atoms with Gasteiger partial charge in [0.15, 0.2) is 11.9 Å². The van der Waals surface area contributed by atoms with Crippen LogP contribution in [0.25, 0.3) is 0 Å². The van der Waals surface area contributed by atoms with Gasteiger partial charge in [-0.25, -0.2) is 0 Å². The maximum atomic E-state index is 12.1. The van der Waals surface area contributed by atoms with Gasteiger partial charge in [0.1, 0.15) is 6.61 Å². The molecular formula is C14H21N3O4. The summed E-state index contributed by atoms with van der Waals surface area (Å²) in [6, 6.07) is 0. The number of hydrogen-bond acceptors (Lipinski definition) is 6. The lowest BCUT2D eigenvalue weighted by atomic mass is 10.2. The van der Waals surface area contributed by atoms with Gasteiger partial charge in [0.2, 0.25) is 5.91 Å². The summed E-state index contributed by atoms with van der Waals surface area (Å²) in [5.74, 6) is 1.65. The van der Waals surface area contributed by atoms with E-state index in [4.69, 9.17) is 14.0 Å². The smallest absolute Gasteiger partial charge is 0.257 e. The van der Waals surface area contributed by atoms with E-state index in [0.29, 0.717) is 31.5 Å². The van der Waals surface area contributed by atoms with Crippen molar-refractivity contribution in [3.05, 3.63) is 11.7 Å². The van der Waals surface area contributed by atoms with Crippen LogP contribution in [-0.4, -0.2) is 53.4 Å². The Morgan fingerprint density at radius 1 is 1.43 bits per heavy atom. The van der Waals surface area contributed by atoms with Crippen molar-refractivity contribution >= 4 is 5.91 Å². The fourth-order valence-electron chi connectivity index (χ4n) is 2.46. The molecule has 1 saturated heterocycles. The number of hydrogen-bond donors (Lipinski definition) is 0. The van der Waals surface area contributed by atoms with Crippen molar-refractivity contribution < 1.29 is 18.8 Å². The third kappa shape index (κ3) is 3.41. The second-order valence-corrected chi connectivity index (χ2v) is 5.64. The Labute approximate surface area is 123 Å². The van der Waals surface area contributed by atoms with Crippen molar-refractivity contribution in [2.75, 3.05) is 26.3 Å². The summed E-state index contributed by atoms with van der Waals surface area (Å²) in [6.45, 7) is 5.44. The van der Waals surface area contributed by atoms with E-state index < -0.39 is 0 Å². The zero-order chi connectivity index (χ0) is 14.8. The van der Waals surface area contributed by atoms with E-state index in [1.54, 1.807) is 4.90 Å². The third-order valence-electron chi connectivity index (χ3n) is 3.72. The molecule has 1 aliphatic carbocycles. The molecule has 0 N–H and O–H groups in total. The van der Waals surface area contributed by atoms with Crippen LogP contribution in [-0.2, 0) is 14.3 Å². The molecule has 0 radical (unpaired) electrons. The molecule has 0 bridgehead atoms. The maximum Gasteiger partial charge on any atom is 0.257 e. The molecule has 2 atom stereocenters. The Bertz CT molecular complexity index is 500. The van der Waals surface area contributed by atoms with E-state index in [1.807, 2.05) is 13.8 Å². The van der Waals surface area contributed by atoms with E-state index >= 15 is 0 Å². The number of amides is 1. The summed E-state index contributed by atoms with van der Waals surface area (Å²) in [5.41, 5.74) is 0. The van der Waals surface area contributed by atoms with Gasteiger partial charge in [-0.15, -0.1) is 0 Å². The van der Waals surface area contributed by atoms with E-state index in [1.165, 1.54) is 0 Å². The first-order chi connectivity index (χ1) is 10.2. The molecule has 1 aliphatic heterocycles. The minimum atomic E-state index is -0.348. The van der Waals surface area contributed by atoms with Crippen LogP contribution in [0.15, 0.2) is 4.52 Å². The highest BCUT2D eigenvalue weighted by molar-refractivity contribution is 5.77. The molecule has 7 heteroatoms. The number of morpholine rings is 1. The summed E-state index contributed by atoms with van der Waals surface area (Å²) in [4.78, 5) is 18.2. The highest BCUT2D eigenvalue weighted by Crippen LogP contribution is 2.38. The molecule has 2 aliphatic rings. The molecule has 1 saturated carbocycles. The molecular weight excluding hydrogens is 274 g/mol. The van der Waals surface area contributed by atoms with Gasteiger partial charge in [-0.2, -0.15) is 4.98 Å². The Morgan fingerprint density at radius 2 is 2.24 bits per heavy atom. The van der Waals surface area contributed by atoms with Crippen molar-refractivity contribution in [1.82, 2.24) is 15.0 Å². The topological polar surface area (TPSA) is 77.7 Å². The van der Waals surface area contributed by atoms with Crippen LogP contribution < -0.4 is 0 Å². The highest BCUT2D eigenvalue weighted by Gasteiger charge is 2.35. The van der Waals surface area contributed by atoms with Gasteiger partial charge in [0.25, 0.3) is 5.89 Å². The average molecular weight is 295 g/mol. The molecule has 1 aromatic rings. The van der Waals surface area contributed by atoms with E-state index in [2.05, 4.69) is 10.1 Å². The van der Waals surface area contributed by atoms with Crippen molar-refractivity contribution in [3.8, 4) is 0 Å². The molecule has 7 nitrogen and oxygen atoms in total. The van der Waals surface area contributed by atoms with Gasteiger partial charge in [0.05, 0.1) is 12.6 Å². The fraction of sp³-hybridized carbons (Fsp3) is 0.786. The quantitative estimate of drug-likeness (QED) is 0.814. The minimum absolute atomic E-state index is 0.0288. The van der Waals surface area contributed by atoms with Crippen LogP contribution in [0, 0.1) is 0 Å². The highest BCUT2D eigenvalue weighted by atomic mass is 16.5. The van der Waals surface area contributed by atoms with Crippen LogP contribution in [0.3, 0.4) is 0 Å². The monoisotopic (exact) mass is 295 g/mol. The number of carbonyl (C=O) groups is 1. The first-order valence-electron chi connectivity index (χ1n) is 7.51. The number of carbonyl (C=O) groups excluding carboxylic acids is 1. The lowest BCUT2D eigenvalue weighted by Crippen LogP contribution is -2.47. The third-order valence-corrected chi connectivity index (χ3v) is 3.72. The zero-order valence-electron chi connectivity index (χ0n) is 12.4. The van der Waals surface area contributed by atoms with E-state index in [-0.39, 0.29) is 24.7 Å². The summed E-state index contributed by atoms with van der Waals surface area (Å²) < 4.78 is 16.3. The number of rotatable bonds is 5. The van der Waals surface area contributed by atoms with Crippen LogP contribution in [0.5, 0.6) is 0 Å². The standard InChI is InChI=1S/C14H21N3O4/c1-3-19-8-12(18)17-6-9(2)20-11(7-17)14-15-13(16-21-14)10-4-5-10/h9-11H,3-8H2,1-2H3/t9-,11-/m1/s1. The van der Waals surface area contributed by atoms with Crippen LogP contribution in [0.4, 0.5) is 0 Å². The van der Waals surface area contributed by atoms with Gasteiger partial charge in [-0.1, -0.05) is 5.16 Å². The molecule has 1 aromatic heterocycles. The summed E-state index contributed by atoms with van der Waals surface area (Å²) in [7, 11) is 0. The summed E-state index contributed by atoms with van der Waals surface area (Å²) >= 11 is 0. The summed E-state index contributed by atoms with van der Waals surface area (Å²) in [6.07, 6.45) is 1.84. The minimum Gasteiger partial charge on any atom is -0.372 e. The van der Waals surface area contributed by atoms with Gasteiger partial charge in [-0.05, 0) is 26.7 Å². The van der Waals surface area contributed by atoms with E-state index in [9.17, 15) is 4.79 Å². The number of ether oxygens (including phenoxy) is 2. The lowest BCUT2D eigenvalue weighted by Gasteiger charge is -2.35. The second-order valence-electron chi connectivity index (χ2n) is 5.64. The largest absolute Gasteiger partial charge is 0.372 e. The Morgan fingerprint density at radius 3 is 2.95 bits per heavy atom. The predicted molar refractivity (Wildman–Crippen MR) is 72.6 cm³/mol. The molecule has 2 fully saturated rings. The fourth-order valence-corrected chi connectivity index (χ4v) is 2.46.